The molecule has 124 valence electrons. The molecule has 0 heterocycles. The van der Waals surface area contributed by atoms with Crippen LogP contribution in [0.1, 0.15) is 25.7 Å². The molecule has 1 aliphatic carbocycles. The summed E-state index contributed by atoms with van der Waals surface area (Å²) in [7, 11) is 0. The van der Waals surface area contributed by atoms with Gasteiger partial charge in [-0.25, -0.2) is 5.48 Å². The molecule has 0 radical (unpaired) electrons. The number of hydrogen-bond acceptors (Lipinski definition) is 4. The third kappa shape index (κ3) is 4.07. The third-order valence-electron chi connectivity index (χ3n) is 4.16. The predicted octanol–water partition coefficient (Wildman–Crippen LogP) is 1.42. The van der Waals surface area contributed by atoms with Gasteiger partial charge in [-0.15, -0.1) is 0 Å². The summed E-state index contributed by atoms with van der Waals surface area (Å²) < 4.78 is 0. The summed E-state index contributed by atoms with van der Waals surface area (Å²) in [6.07, 6.45) is 2.51. The van der Waals surface area contributed by atoms with Crippen molar-refractivity contribution in [2.75, 3.05) is 11.4 Å². The van der Waals surface area contributed by atoms with E-state index in [1.807, 2.05) is 0 Å². The Morgan fingerprint density at radius 1 is 1.09 bits per heavy atom. The standard InChI is InChI=1S/C16H20N2O5/c19-14(17-23)10-18(11-6-2-1-3-7-11)15(20)12-8-4-5-9-13(12)16(21)22/h1-3,6-7,12-13,23H,4-5,8-10H2,(H,17,19)(H,21,22)/t12-,13-/m0/s1. The zero-order valence-corrected chi connectivity index (χ0v) is 12.6. The van der Waals surface area contributed by atoms with Crippen molar-refractivity contribution in [1.82, 2.24) is 5.48 Å². The number of nitrogens with zero attached hydrogens (tertiary/aromatic N) is 1. The van der Waals surface area contributed by atoms with Gasteiger partial charge in [0.15, 0.2) is 0 Å². The first-order valence-electron chi connectivity index (χ1n) is 7.56. The van der Waals surface area contributed by atoms with Crippen molar-refractivity contribution in [1.29, 1.82) is 0 Å². The topological polar surface area (TPSA) is 107 Å². The molecule has 1 aromatic rings. The van der Waals surface area contributed by atoms with Gasteiger partial charge in [-0.05, 0) is 25.0 Å². The molecule has 0 aliphatic heterocycles. The lowest BCUT2D eigenvalue weighted by molar-refractivity contribution is -0.148. The van der Waals surface area contributed by atoms with E-state index in [2.05, 4.69) is 0 Å². The molecule has 0 aromatic heterocycles. The molecule has 0 saturated heterocycles. The maximum absolute atomic E-state index is 12.9. The van der Waals surface area contributed by atoms with E-state index in [-0.39, 0.29) is 6.54 Å². The molecule has 1 fully saturated rings. The van der Waals surface area contributed by atoms with Gasteiger partial charge in [-0.2, -0.15) is 0 Å². The van der Waals surface area contributed by atoms with E-state index in [1.54, 1.807) is 30.3 Å². The summed E-state index contributed by atoms with van der Waals surface area (Å²) in [6.45, 7) is -0.359. The highest BCUT2D eigenvalue weighted by Crippen LogP contribution is 2.33. The van der Waals surface area contributed by atoms with Gasteiger partial charge in [0.1, 0.15) is 6.54 Å². The maximum Gasteiger partial charge on any atom is 0.307 e. The SMILES string of the molecule is O=C(CN(C(=O)[C@H]1CCCC[C@@H]1C(=O)O)c1ccccc1)NO. The summed E-state index contributed by atoms with van der Waals surface area (Å²) in [5, 5.41) is 18.1. The van der Waals surface area contributed by atoms with Crippen LogP contribution in [0.5, 0.6) is 0 Å². The number of carboxylic acids is 1. The van der Waals surface area contributed by atoms with Crippen LogP contribution in [0.2, 0.25) is 0 Å². The van der Waals surface area contributed by atoms with Crippen LogP contribution < -0.4 is 10.4 Å². The molecule has 2 amide bonds. The van der Waals surface area contributed by atoms with E-state index in [4.69, 9.17) is 5.21 Å². The molecular formula is C16H20N2O5. The van der Waals surface area contributed by atoms with Crippen LogP contribution in [0.3, 0.4) is 0 Å². The number of hydrogen-bond donors (Lipinski definition) is 3. The Morgan fingerprint density at radius 2 is 1.70 bits per heavy atom. The van der Waals surface area contributed by atoms with Crippen molar-refractivity contribution in [2.45, 2.75) is 25.7 Å². The maximum atomic E-state index is 12.9. The molecule has 0 spiro atoms. The number of amides is 2. The average molecular weight is 320 g/mol. The number of rotatable bonds is 5. The molecule has 0 unspecified atom stereocenters. The lowest BCUT2D eigenvalue weighted by Crippen LogP contribution is -2.46. The number of aliphatic carboxylic acids is 1. The van der Waals surface area contributed by atoms with E-state index in [0.717, 1.165) is 12.8 Å². The quantitative estimate of drug-likeness (QED) is 0.562. The fraction of sp³-hybridized carbons (Fsp3) is 0.438. The van der Waals surface area contributed by atoms with E-state index in [0.29, 0.717) is 18.5 Å². The van der Waals surface area contributed by atoms with Crippen LogP contribution in [0.4, 0.5) is 5.69 Å². The highest BCUT2D eigenvalue weighted by Gasteiger charge is 2.38. The molecule has 7 heteroatoms. The van der Waals surface area contributed by atoms with Gasteiger partial charge in [-0.3, -0.25) is 19.6 Å². The first-order chi connectivity index (χ1) is 11.0. The lowest BCUT2D eigenvalue weighted by atomic mass is 9.78. The van der Waals surface area contributed by atoms with Crippen LogP contribution in [-0.2, 0) is 14.4 Å². The fourth-order valence-corrected chi connectivity index (χ4v) is 3.01. The second-order valence-corrected chi connectivity index (χ2v) is 5.63. The number of para-hydroxylation sites is 1. The number of carbonyl (C=O) groups excluding carboxylic acids is 2. The molecule has 2 rings (SSSR count). The molecular weight excluding hydrogens is 300 g/mol. The predicted molar refractivity (Wildman–Crippen MR) is 81.8 cm³/mol. The largest absolute Gasteiger partial charge is 0.481 e. The zero-order valence-electron chi connectivity index (χ0n) is 12.6. The number of benzene rings is 1. The number of carbonyl (C=O) groups is 3. The molecule has 3 N–H and O–H groups in total. The highest BCUT2D eigenvalue weighted by molar-refractivity contribution is 6.01. The normalized spacial score (nSPS) is 20.6. The molecule has 23 heavy (non-hydrogen) atoms. The van der Waals surface area contributed by atoms with Crippen LogP contribution >= 0.6 is 0 Å². The lowest BCUT2D eigenvalue weighted by Gasteiger charge is -2.32. The highest BCUT2D eigenvalue weighted by atomic mass is 16.5. The Kier molecular flexibility index (Phi) is 5.70. The summed E-state index contributed by atoms with van der Waals surface area (Å²) in [5.41, 5.74) is 2.00. The van der Waals surface area contributed by atoms with Crippen LogP contribution in [0.25, 0.3) is 0 Å². The number of hydroxylamine groups is 1. The van der Waals surface area contributed by atoms with E-state index in [1.165, 1.54) is 10.4 Å². The third-order valence-corrected chi connectivity index (χ3v) is 4.16. The van der Waals surface area contributed by atoms with E-state index in [9.17, 15) is 19.5 Å². The van der Waals surface area contributed by atoms with Gasteiger partial charge >= 0.3 is 5.97 Å². The summed E-state index contributed by atoms with van der Waals surface area (Å²) in [4.78, 5) is 37.0. The van der Waals surface area contributed by atoms with Crippen molar-refractivity contribution in [2.24, 2.45) is 11.8 Å². The first-order valence-corrected chi connectivity index (χ1v) is 7.56. The Balaban J connectivity index is 2.28. The first kappa shape index (κ1) is 17.0. The monoisotopic (exact) mass is 320 g/mol. The van der Waals surface area contributed by atoms with Gasteiger partial charge in [-0.1, -0.05) is 31.0 Å². The van der Waals surface area contributed by atoms with Crippen molar-refractivity contribution < 1.29 is 24.7 Å². The second-order valence-electron chi connectivity index (χ2n) is 5.63. The van der Waals surface area contributed by atoms with E-state index < -0.39 is 29.6 Å². The minimum atomic E-state index is -0.984. The van der Waals surface area contributed by atoms with Gasteiger partial charge in [0.2, 0.25) is 5.91 Å². The Bertz CT molecular complexity index is 575. The second kappa shape index (κ2) is 7.73. The minimum Gasteiger partial charge on any atom is -0.481 e. The van der Waals surface area contributed by atoms with Crippen molar-refractivity contribution in [3.05, 3.63) is 30.3 Å². The molecule has 1 aliphatic rings. The minimum absolute atomic E-state index is 0.359. The van der Waals surface area contributed by atoms with Crippen molar-refractivity contribution in [3.8, 4) is 0 Å². The summed E-state index contributed by atoms with van der Waals surface area (Å²) in [5.74, 6) is -3.51. The smallest absolute Gasteiger partial charge is 0.307 e. The molecule has 0 bridgehead atoms. The molecule has 7 nitrogen and oxygen atoms in total. The van der Waals surface area contributed by atoms with Gasteiger partial charge in [0.25, 0.3) is 5.91 Å². The van der Waals surface area contributed by atoms with Crippen LogP contribution in [-0.4, -0.2) is 34.6 Å². The summed E-state index contributed by atoms with van der Waals surface area (Å²) in [6, 6.07) is 8.56. The Morgan fingerprint density at radius 3 is 2.26 bits per heavy atom. The number of carboxylic acid groups (broad SMARTS) is 1. The van der Waals surface area contributed by atoms with Crippen LogP contribution in [0, 0.1) is 11.8 Å². The van der Waals surface area contributed by atoms with Crippen LogP contribution in [0.15, 0.2) is 30.3 Å². The zero-order chi connectivity index (χ0) is 16.8. The molecule has 1 saturated carbocycles. The van der Waals surface area contributed by atoms with Crippen molar-refractivity contribution in [3.63, 3.8) is 0 Å². The average Bonchev–Trinajstić information content (AvgIpc) is 2.59. The van der Waals surface area contributed by atoms with E-state index >= 15 is 0 Å². The number of nitrogens with one attached hydrogen (secondary N) is 1. The molecule has 1 aromatic carbocycles. The Hall–Kier alpha value is -2.41. The van der Waals surface area contributed by atoms with Gasteiger partial charge in [0, 0.05) is 5.69 Å². The van der Waals surface area contributed by atoms with Gasteiger partial charge in [0.05, 0.1) is 11.8 Å². The Labute approximate surface area is 133 Å². The summed E-state index contributed by atoms with van der Waals surface area (Å²) >= 11 is 0. The van der Waals surface area contributed by atoms with Crippen molar-refractivity contribution >= 4 is 23.5 Å². The number of anilines is 1. The van der Waals surface area contributed by atoms with Gasteiger partial charge < -0.3 is 10.0 Å². The molecule has 2 atom stereocenters. The fourth-order valence-electron chi connectivity index (χ4n) is 3.01.